The first-order valence-corrected chi connectivity index (χ1v) is 3.57. The predicted octanol–water partition coefficient (Wildman–Crippen LogP) is 1.65. The number of nitrogens with zero attached hydrogens (tertiary/aromatic N) is 1. The van der Waals surface area contributed by atoms with Gasteiger partial charge in [-0.15, -0.1) is 0 Å². The summed E-state index contributed by atoms with van der Waals surface area (Å²) in [5.74, 6) is 0. The minimum atomic E-state index is -2.56. The maximum absolute atomic E-state index is 12.1. The van der Waals surface area contributed by atoms with Crippen LogP contribution < -0.4 is 5.73 Å². The average Bonchev–Trinajstić information content (AvgIpc) is 2.03. The van der Waals surface area contributed by atoms with Crippen LogP contribution in [-0.2, 0) is 0 Å². The molecule has 1 atom stereocenters. The number of pyridine rings is 1. The van der Waals surface area contributed by atoms with E-state index in [1.807, 2.05) is 6.92 Å². The second kappa shape index (κ2) is 3.58. The van der Waals surface area contributed by atoms with Crippen molar-refractivity contribution in [3.63, 3.8) is 0 Å². The largest absolute Gasteiger partial charge is 0.318 e. The fourth-order valence-electron chi connectivity index (χ4n) is 0.871. The van der Waals surface area contributed by atoms with Gasteiger partial charge in [-0.3, -0.25) is 4.98 Å². The zero-order valence-corrected chi connectivity index (χ0v) is 6.67. The monoisotopic (exact) mass is 172 g/mol. The van der Waals surface area contributed by atoms with Gasteiger partial charge in [0.05, 0.1) is 5.69 Å². The van der Waals surface area contributed by atoms with Gasteiger partial charge in [-0.1, -0.05) is 0 Å². The van der Waals surface area contributed by atoms with Crippen LogP contribution in [0.2, 0.25) is 0 Å². The van der Waals surface area contributed by atoms with Crippen LogP contribution in [-0.4, -0.2) is 11.4 Å². The van der Waals surface area contributed by atoms with Gasteiger partial charge in [0.15, 0.2) is 0 Å². The second-order valence-electron chi connectivity index (χ2n) is 2.62. The van der Waals surface area contributed by atoms with Crippen LogP contribution >= 0.6 is 0 Å². The highest BCUT2D eigenvalue weighted by Crippen LogP contribution is 2.15. The van der Waals surface area contributed by atoms with Crippen molar-refractivity contribution in [2.75, 3.05) is 0 Å². The Bertz CT molecular complexity index is 263. The summed E-state index contributed by atoms with van der Waals surface area (Å²) in [7, 11) is 0. The minimum absolute atomic E-state index is 0.241. The van der Waals surface area contributed by atoms with Gasteiger partial charge in [-0.05, 0) is 24.6 Å². The van der Waals surface area contributed by atoms with Crippen LogP contribution in [0.25, 0.3) is 0 Å². The molecule has 1 aromatic rings. The van der Waals surface area contributed by atoms with Crippen molar-refractivity contribution in [2.24, 2.45) is 5.73 Å². The molecule has 0 fully saturated rings. The van der Waals surface area contributed by atoms with Crippen LogP contribution in [0.4, 0.5) is 8.78 Å². The van der Waals surface area contributed by atoms with Crippen LogP contribution in [0.3, 0.4) is 0 Å². The lowest BCUT2D eigenvalue weighted by Crippen LogP contribution is -2.20. The molecule has 66 valence electrons. The van der Waals surface area contributed by atoms with Gasteiger partial charge >= 0.3 is 0 Å². The van der Waals surface area contributed by atoms with E-state index in [0.717, 1.165) is 5.56 Å². The third-order valence-electron chi connectivity index (χ3n) is 1.55. The number of nitrogens with two attached hydrogens (primary N) is 1. The zero-order valence-electron chi connectivity index (χ0n) is 6.67. The molecule has 0 aliphatic rings. The fourth-order valence-corrected chi connectivity index (χ4v) is 0.871. The van der Waals surface area contributed by atoms with E-state index in [4.69, 9.17) is 5.73 Å². The molecule has 12 heavy (non-hydrogen) atoms. The number of aromatic nitrogens is 1. The second-order valence-corrected chi connectivity index (χ2v) is 2.62. The highest BCUT2D eigenvalue weighted by atomic mass is 19.3. The van der Waals surface area contributed by atoms with E-state index in [0.29, 0.717) is 0 Å². The topological polar surface area (TPSA) is 38.9 Å². The summed E-state index contributed by atoms with van der Waals surface area (Å²) < 4.78 is 24.2. The van der Waals surface area contributed by atoms with E-state index in [1.165, 1.54) is 6.20 Å². The molecule has 2 N–H and O–H groups in total. The van der Waals surface area contributed by atoms with E-state index in [2.05, 4.69) is 4.98 Å². The molecule has 1 unspecified atom stereocenters. The Labute approximate surface area is 69.4 Å². The Kier molecular flexibility index (Phi) is 2.70. The average molecular weight is 172 g/mol. The Balaban J connectivity index is 2.88. The lowest BCUT2D eigenvalue weighted by Gasteiger charge is -2.09. The van der Waals surface area contributed by atoms with Gasteiger partial charge in [0.25, 0.3) is 6.43 Å². The first-order chi connectivity index (χ1) is 5.61. The van der Waals surface area contributed by atoms with E-state index in [9.17, 15) is 8.78 Å². The molecule has 0 radical (unpaired) electrons. The molecule has 1 aromatic heterocycles. The quantitative estimate of drug-likeness (QED) is 0.736. The highest BCUT2D eigenvalue weighted by Gasteiger charge is 2.18. The number of rotatable bonds is 2. The zero-order chi connectivity index (χ0) is 9.14. The van der Waals surface area contributed by atoms with Gasteiger partial charge in [0.1, 0.15) is 6.04 Å². The van der Waals surface area contributed by atoms with Gasteiger partial charge in [0, 0.05) is 6.20 Å². The third kappa shape index (κ3) is 1.98. The number of hydrogen-bond acceptors (Lipinski definition) is 2. The van der Waals surface area contributed by atoms with Crippen molar-refractivity contribution < 1.29 is 8.78 Å². The summed E-state index contributed by atoms with van der Waals surface area (Å²) in [6.07, 6.45) is -1.08. The number of halogens is 2. The van der Waals surface area contributed by atoms with Gasteiger partial charge in [0.2, 0.25) is 0 Å². The van der Waals surface area contributed by atoms with Gasteiger partial charge in [-0.25, -0.2) is 8.78 Å². The molecule has 1 heterocycles. The molecule has 0 amide bonds. The van der Waals surface area contributed by atoms with Crippen LogP contribution in [0.15, 0.2) is 18.3 Å². The molecule has 0 aliphatic carbocycles. The minimum Gasteiger partial charge on any atom is -0.318 e. The molecular formula is C8H10F2N2. The van der Waals surface area contributed by atoms with Gasteiger partial charge < -0.3 is 5.73 Å². The van der Waals surface area contributed by atoms with Crippen molar-refractivity contribution in [3.05, 3.63) is 29.6 Å². The summed E-state index contributed by atoms with van der Waals surface area (Å²) in [4.78, 5) is 3.76. The number of hydrogen-bond donors (Lipinski definition) is 1. The Morgan fingerprint density at radius 2 is 2.17 bits per heavy atom. The summed E-state index contributed by atoms with van der Waals surface area (Å²) in [5, 5.41) is 0. The third-order valence-corrected chi connectivity index (χ3v) is 1.55. The van der Waals surface area contributed by atoms with Crippen molar-refractivity contribution in [1.29, 1.82) is 0 Å². The summed E-state index contributed by atoms with van der Waals surface area (Å²) in [6, 6.07) is 2.03. The Hall–Kier alpha value is -1.03. The van der Waals surface area contributed by atoms with Crippen molar-refractivity contribution in [3.8, 4) is 0 Å². The first-order valence-electron chi connectivity index (χ1n) is 3.57. The molecule has 0 spiro atoms. The Morgan fingerprint density at radius 3 is 2.67 bits per heavy atom. The molecule has 2 nitrogen and oxygen atoms in total. The smallest absolute Gasteiger partial charge is 0.259 e. The van der Waals surface area contributed by atoms with Crippen molar-refractivity contribution in [1.82, 2.24) is 4.98 Å². The standard InChI is InChI=1S/C8H10F2N2/c1-5-2-3-12-6(4-5)7(11)8(9)10/h2-4,7-8H,11H2,1H3. The maximum Gasteiger partial charge on any atom is 0.259 e. The van der Waals surface area contributed by atoms with Crippen LogP contribution in [0, 0.1) is 6.92 Å². The SMILES string of the molecule is Cc1ccnc(C(N)C(F)F)c1. The number of aryl methyl sites for hydroxylation is 1. The van der Waals surface area contributed by atoms with E-state index in [1.54, 1.807) is 12.1 Å². The molecule has 0 aromatic carbocycles. The first kappa shape index (κ1) is 9.06. The van der Waals surface area contributed by atoms with Crippen LogP contribution in [0.1, 0.15) is 17.3 Å². The van der Waals surface area contributed by atoms with Crippen molar-refractivity contribution >= 4 is 0 Å². The van der Waals surface area contributed by atoms with E-state index in [-0.39, 0.29) is 5.69 Å². The molecule has 0 saturated carbocycles. The van der Waals surface area contributed by atoms with Crippen molar-refractivity contribution in [2.45, 2.75) is 19.4 Å². The molecule has 1 rings (SSSR count). The fraction of sp³-hybridized carbons (Fsp3) is 0.375. The normalized spacial score (nSPS) is 13.4. The number of alkyl halides is 2. The van der Waals surface area contributed by atoms with Gasteiger partial charge in [-0.2, -0.15) is 0 Å². The van der Waals surface area contributed by atoms with Crippen LogP contribution in [0.5, 0.6) is 0 Å². The molecule has 0 aliphatic heterocycles. The van der Waals surface area contributed by atoms with E-state index >= 15 is 0 Å². The highest BCUT2D eigenvalue weighted by molar-refractivity contribution is 5.17. The lowest BCUT2D eigenvalue weighted by atomic mass is 10.1. The summed E-state index contributed by atoms with van der Waals surface area (Å²) >= 11 is 0. The maximum atomic E-state index is 12.1. The van der Waals surface area contributed by atoms with E-state index < -0.39 is 12.5 Å². The summed E-state index contributed by atoms with van der Waals surface area (Å²) in [6.45, 7) is 1.81. The predicted molar refractivity (Wildman–Crippen MR) is 41.9 cm³/mol. The molecule has 4 heteroatoms. The molecular weight excluding hydrogens is 162 g/mol. The molecule has 0 saturated heterocycles. The molecule has 0 bridgehead atoms. The Morgan fingerprint density at radius 1 is 1.50 bits per heavy atom. The lowest BCUT2D eigenvalue weighted by molar-refractivity contribution is 0.114. The summed E-state index contributed by atoms with van der Waals surface area (Å²) in [5.41, 5.74) is 6.32.